The summed E-state index contributed by atoms with van der Waals surface area (Å²) in [5.74, 6) is 0.116. The molecule has 1 amide bonds. The van der Waals surface area contributed by atoms with Crippen molar-refractivity contribution in [3.8, 4) is 5.75 Å². The van der Waals surface area contributed by atoms with Crippen LogP contribution < -0.4 is 5.32 Å². The maximum Gasteiger partial charge on any atom is 0.251 e. The van der Waals surface area contributed by atoms with Crippen molar-refractivity contribution in [3.63, 3.8) is 0 Å². The number of hydrogen-bond donors (Lipinski definition) is 2. The van der Waals surface area contributed by atoms with Crippen molar-refractivity contribution in [2.24, 2.45) is 0 Å². The molecule has 0 fully saturated rings. The third-order valence-corrected chi connectivity index (χ3v) is 3.33. The minimum atomic E-state index is -0.105. The van der Waals surface area contributed by atoms with Crippen molar-refractivity contribution in [1.29, 1.82) is 0 Å². The number of amides is 1. The van der Waals surface area contributed by atoms with Gasteiger partial charge in [-0.2, -0.15) is 0 Å². The lowest BCUT2D eigenvalue weighted by molar-refractivity contribution is 0.0950. The van der Waals surface area contributed by atoms with Gasteiger partial charge in [-0.25, -0.2) is 0 Å². The molecular weight excluding hydrogens is 306 g/mol. The molecule has 0 aliphatic carbocycles. The lowest BCUT2D eigenvalue weighted by Crippen LogP contribution is -2.23. The Labute approximate surface area is 120 Å². The van der Waals surface area contributed by atoms with Gasteiger partial charge in [0.1, 0.15) is 5.75 Å². The maximum absolute atomic E-state index is 12.1. The average molecular weight is 320 g/mol. The lowest BCUT2D eigenvalue weighted by atomic mass is 10.1. The smallest absolute Gasteiger partial charge is 0.251 e. The van der Waals surface area contributed by atoms with E-state index in [2.05, 4.69) is 21.2 Å². The summed E-state index contributed by atoms with van der Waals surface area (Å²) in [6.45, 7) is 2.34. The molecule has 2 aromatic rings. The summed E-state index contributed by atoms with van der Waals surface area (Å²) >= 11 is 3.36. The van der Waals surface area contributed by atoms with E-state index in [9.17, 15) is 9.90 Å². The standard InChI is InChI=1S/C15H14BrNO2/c1-10-2-5-12(16)8-14(10)15(19)17-9-11-3-6-13(18)7-4-11/h2-8,18H,9H2,1H3,(H,17,19). The van der Waals surface area contributed by atoms with E-state index in [1.807, 2.05) is 25.1 Å². The molecular formula is C15H14BrNO2. The SMILES string of the molecule is Cc1ccc(Br)cc1C(=O)NCc1ccc(O)cc1. The summed E-state index contributed by atoms with van der Waals surface area (Å²) in [4.78, 5) is 12.1. The van der Waals surface area contributed by atoms with Crippen LogP contribution in [-0.4, -0.2) is 11.0 Å². The molecule has 0 aromatic heterocycles. The second-order valence-electron chi connectivity index (χ2n) is 4.31. The zero-order valence-electron chi connectivity index (χ0n) is 10.5. The van der Waals surface area contributed by atoms with E-state index in [1.54, 1.807) is 24.3 Å². The van der Waals surface area contributed by atoms with Crippen LogP contribution in [0.2, 0.25) is 0 Å². The first-order valence-corrected chi connectivity index (χ1v) is 6.68. The second kappa shape index (κ2) is 5.89. The number of benzene rings is 2. The Morgan fingerprint density at radius 3 is 2.58 bits per heavy atom. The highest BCUT2D eigenvalue weighted by atomic mass is 79.9. The monoisotopic (exact) mass is 319 g/mol. The largest absolute Gasteiger partial charge is 0.508 e. The van der Waals surface area contributed by atoms with Gasteiger partial charge in [-0.05, 0) is 42.3 Å². The number of carbonyl (C=O) groups is 1. The van der Waals surface area contributed by atoms with Gasteiger partial charge in [0, 0.05) is 16.6 Å². The van der Waals surface area contributed by atoms with Crippen LogP contribution in [-0.2, 0) is 6.54 Å². The van der Waals surface area contributed by atoms with Crippen molar-refractivity contribution >= 4 is 21.8 Å². The van der Waals surface area contributed by atoms with Crippen LogP contribution in [0.25, 0.3) is 0 Å². The molecule has 3 nitrogen and oxygen atoms in total. The number of halogens is 1. The van der Waals surface area contributed by atoms with Gasteiger partial charge in [0.05, 0.1) is 0 Å². The molecule has 4 heteroatoms. The van der Waals surface area contributed by atoms with Crippen LogP contribution in [0.15, 0.2) is 46.9 Å². The summed E-state index contributed by atoms with van der Waals surface area (Å²) in [5.41, 5.74) is 2.54. The number of aromatic hydroxyl groups is 1. The van der Waals surface area contributed by atoms with E-state index in [4.69, 9.17) is 0 Å². The molecule has 0 aliphatic heterocycles. The summed E-state index contributed by atoms with van der Waals surface area (Å²) in [6.07, 6.45) is 0. The van der Waals surface area contributed by atoms with Crippen molar-refractivity contribution in [2.45, 2.75) is 13.5 Å². The first-order chi connectivity index (χ1) is 9.06. The minimum absolute atomic E-state index is 0.105. The number of phenolic OH excluding ortho intramolecular Hbond substituents is 1. The summed E-state index contributed by atoms with van der Waals surface area (Å²) < 4.78 is 0.882. The van der Waals surface area contributed by atoms with E-state index in [-0.39, 0.29) is 11.7 Å². The Kier molecular flexibility index (Phi) is 4.22. The van der Waals surface area contributed by atoms with E-state index < -0.39 is 0 Å². The van der Waals surface area contributed by atoms with Crippen LogP contribution >= 0.6 is 15.9 Å². The molecule has 0 saturated heterocycles. The summed E-state index contributed by atoms with van der Waals surface area (Å²) in [5, 5.41) is 12.0. The fourth-order valence-corrected chi connectivity index (χ4v) is 2.09. The molecule has 0 radical (unpaired) electrons. The second-order valence-corrected chi connectivity index (χ2v) is 5.22. The Morgan fingerprint density at radius 1 is 1.21 bits per heavy atom. The molecule has 0 saturated carbocycles. The third kappa shape index (κ3) is 3.58. The number of hydrogen-bond acceptors (Lipinski definition) is 2. The summed E-state index contributed by atoms with van der Waals surface area (Å²) in [6, 6.07) is 12.4. The first-order valence-electron chi connectivity index (χ1n) is 5.88. The zero-order valence-corrected chi connectivity index (χ0v) is 12.1. The van der Waals surface area contributed by atoms with Gasteiger partial charge in [-0.3, -0.25) is 4.79 Å². The number of phenols is 1. The fraction of sp³-hybridized carbons (Fsp3) is 0.133. The molecule has 0 aliphatic rings. The van der Waals surface area contributed by atoms with Crippen molar-refractivity contribution in [1.82, 2.24) is 5.32 Å². The Hall–Kier alpha value is -1.81. The van der Waals surface area contributed by atoms with Gasteiger partial charge in [0.25, 0.3) is 5.91 Å². The predicted molar refractivity (Wildman–Crippen MR) is 78.2 cm³/mol. The highest BCUT2D eigenvalue weighted by molar-refractivity contribution is 9.10. The van der Waals surface area contributed by atoms with Gasteiger partial charge in [-0.15, -0.1) is 0 Å². The third-order valence-electron chi connectivity index (χ3n) is 2.83. The van der Waals surface area contributed by atoms with Crippen LogP contribution in [0.5, 0.6) is 5.75 Å². The highest BCUT2D eigenvalue weighted by Gasteiger charge is 2.09. The first kappa shape index (κ1) is 13.6. The topological polar surface area (TPSA) is 49.3 Å². The van der Waals surface area contributed by atoms with Crippen molar-refractivity contribution in [2.75, 3.05) is 0 Å². The van der Waals surface area contributed by atoms with Crippen LogP contribution in [0.1, 0.15) is 21.5 Å². The normalized spacial score (nSPS) is 10.2. The average Bonchev–Trinajstić information content (AvgIpc) is 2.40. The zero-order chi connectivity index (χ0) is 13.8. The highest BCUT2D eigenvalue weighted by Crippen LogP contribution is 2.16. The quantitative estimate of drug-likeness (QED) is 0.911. The van der Waals surface area contributed by atoms with Crippen LogP contribution in [0, 0.1) is 6.92 Å². The van der Waals surface area contributed by atoms with Gasteiger partial charge in [-0.1, -0.05) is 34.1 Å². The number of nitrogens with one attached hydrogen (secondary N) is 1. The van der Waals surface area contributed by atoms with Gasteiger partial charge < -0.3 is 10.4 Å². The summed E-state index contributed by atoms with van der Waals surface area (Å²) in [7, 11) is 0. The number of carbonyl (C=O) groups excluding carboxylic acids is 1. The van der Waals surface area contributed by atoms with Gasteiger partial charge in [0.2, 0.25) is 0 Å². The molecule has 2 aromatic carbocycles. The van der Waals surface area contributed by atoms with Crippen molar-refractivity contribution in [3.05, 3.63) is 63.6 Å². The molecule has 2 N–H and O–H groups in total. The lowest BCUT2D eigenvalue weighted by Gasteiger charge is -2.08. The molecule has 0 heterocycles. The van der Waals surface area contributed by atoms with E-state index in [0.29, 0.717) is 12.1 Å². The molecule has 98 valence electrons. The minimum Gasteiger partial charge on any atom is -0.508 e. The number of rotatable bonds is 3. The van der Waals surface area contributed by atoms with Gasteiger partial charge in [0.15, 0.2) is 0 Å². The Morgan fingerprint density at radius 2 is 1.89 bits per heavy atom. The predicted octanol–water partition coefficient (Wildman–Crippen LogP) is 3.39. The van der Waals surface area contributed by atoms with Gasteiger partial charge >= 0.3 is 0 Å². The van der Waals surface area contributed by atoms with Crippen LogP contribution in [0.4, 0.5) is 0 Å². The van der Waals surface area contributed by atoms with E-state index in [1.165, 1.54) is 0 Å². The molecule has 2 rings (SSSR count). The molecule has 0 bridgehead atoms. The van der Waals surface area contributed by atoms with E-state index >= 15 is 0 Å². The Balaban J connectivity index is 2.05. The van der Waals surface area contributed by atoms with Crippen LogP contribution in [0.3, 0.4) is 0 Å². The van der Waals surface area contributed by atoms with Crippen molar-refractivity contribution < 1.29 is 9.90 Å². The molecule has 19 heavy (non-hydrogen) atoms. The number of aryl methyl sites for hydroxylation is 1. The molecule has 0 atom stereocenters. The van der Waals surface area contributed by atoms with E-state index in [0.717, 1.165) is 15.6 Å². The fourth-order valence-electron chi connectivity index (χ4n) is 1.73. The molecule has 0 unspecified atom stereocenters. The maximum atomic E-state index is 12.1. The molecule has 0 spiro atoms. The Bertz CT molecular complexity index is 594.